The minimum absolute atomic E-state index is 0.0546. The fraction of sp³-hybridized carbons (Fsp3) is 0.714. The first-order chi connectivity index (χ1) is 9.09. The molecule has 0 aromatic carbocycles. The SMILES string of the molecule is CC[C@H](C)C(NS(=O)(=O)c1cccs1)[C@H](O)C(C)(C)C. The van der Waals surface area contributed by atoms with E-state index in [1.165, 1.54) is 11.3 Å². The van der Waals surface area contributed by atoms with Crippen LogP contribution in [0.25, 0.3) is 0 Å². The van der Waals surface area contributed by atoms with E-state index in [4.69, 9.17) is 0 Å². The molecule has 0 bridgehead atoms. The van der Waals surface area contributed by atoms with Crippen molar-refractivity contribution in [1.82, 2.24) is 4.72 Å². The van der Waals surface area contributed by atoms with Gasteiger partial charge in [-0.05, 0) is 22.8 Å². The second kappa shape index (κ2) is 6.56. The van der Waals surface area contributed by atoms with Crippen molar-refractivity contribution in [3.8, 4) is 0 Å². The Labute approximate surface area is 126 Å². The van der Waals surface area contributed by atoms with Crippen LogP contribution in [0.5, 0.6) is 0 Å². The summed E-state index contributed by atoms with van der Waals surface area (Å²) in [6.07, 6.45) is 0.0531. The van der Waals surface area contributed by atoms with Crippen LogP contribution in [0, 0.1) is 11.3 Å². The van der Waals surface area contributed by atoms with Crippen molar-refractivity contribution in [3.63, 3.8) is 0 Å². The summed E-state index contributed by atoms with van der Waals surface area (Å²) in [5.41, 5.74) is -0.383. The second-order valence-corrected chi connectivity index (χ2v) is 9.16. The van der Waals surface area contributed by atoms with Gasteiger partial charge in [0.15, 0.2) is 0 Å². The van der Waals surface area contributed by atoms with Crippen LogP contribution < -0.4 is 4.72 Å². The predicted octanol–water partition coefficient (Wildman–Crippen LogP) is 2.85. The number of rotatable bonds is 6. The van der Waals surface area contributed by atoms with E-state index >= 15 is 0 Å². The maximum atomic E-state index is 12.3. The minimum atomic E-state index is -3.57. The minimum Gasteiger partial charge on any atom is -0.391 e. The van der Waals surface area contributed by atoms with Gasteiger partial charge < -0.3 is 5.11 Å². The molecule has 0 spiro atoms. The van der Waals surface area contributed by atoms with Gasteiger partial charge in [0.25, 0.3) is 0 Å². The molecule has 0 fully saturated rings. The van der Waals surface area contributed by atoms with Crippen molar-refractivity contribution >= 4 is 21.4 Å². The molecule has 1 aromatic rings. The first-order valence-corrected chi connectivity index (χ1v) is 9.19. The summed E-state index contributed by atoms with van der Waals surface area (Å²) >= 11 is 1.18. The molecule has 20 heavy (non-hydrogen) atoms. The van der Waals surface area contributed by atoms with Crippen LogP contribution in [0.1, 0.15) is 41.0 Å². The largest absolute Gasteiger partial charge is 0.391 e. The molecule has 1 heterocycles. The van der Waals surface area contributed by atoms with Gasteiger partial charge in [0, 0.05) is 0 Å². The lowest BCUT2D eigenvalue weighted by Crippen LogP contribution is -2.51. The zero-order chi connectivity index (χ0) is 15.6. The van der Waals surface area contributed by atoms with Gasteiger partial charge in [0.1, 0.15) is 4.21 Å². The molecule has 1 unspecified atom stereocenters. The van der Waals surface area contributed by atoms with Gasteiger partial charge in [-0.15, -0.1) is 11.3 Å². The predicted molar refractivity (Wildman–Crippen MR) is 83.3 cm³/mol. The molecule has 2 N–H and O–H groups in total. The van der Waals surface area contributed by atoms with Gasteiger partial charge in [-0.3, -0.25) is 0 Å². The molecule has 1 rings (SSSR count). The highest BCUT2D eigenvalue weighted by Crippen LogP contribution is 2.28. The highest BCUT2D eigenvalue weighted by Gasteiger charge is 2.36. The van der Waals surface area contributed by atoms with Crippen molar-refractivity contribution < 1.29 is 13.5 Å². The van der Waals surface area contributed by atoms with Crippen molar-refractivity contribution in [2.75, 3.05) is 0 Å². The Morgan fingerprint density at radius 2 is 2.00 bits per heavy atom. The number of nitrogens with one attached hydrogen (secondary N) is 1. The smallest absolute Gasteiger partial charge is 0.250 e. The monoisotopic (exact) mass is 319 g/mol. The van der Waals surface area contributed by atoms with Crippen LogP contribution in [0.3, 0.4) is 0 Å². The van der Waals surface area contributed by atoms with Gasteiger partial charge >= 0.3 is 0 Å². The Balaban J connectivity index is 3.03. The van der Waals surface area contributed by atoms with Crippen molar-refractivity contribution in [1.29, 1.82) is 0 Å². The molecule has 116 valence electrons. The molecule has 4 nitrogen and oxygen atoms in total. The van der Waals surface area contributed by atoms with E-state index in [2.05, 4.69) is 4.72 Å². The molecule has 0 saturated carbocycles. The third kappa shape index (κ3) is 4.28. The molecule has 3 atom stereocenters. The molecule has 1 aromatic heterocycles. The van der Waals surface area contributed by atoms with Crippen LogP contribution in [-0.4, -0.2) is 25.7 Å². The topological polar surface area (TPSA) is 66.4 Å². The van der Waals surface area contributed by atoms with E-state index in [0.29, 0.717) is 0 Å². The summed E-state index contributed by atoms with van der Waals surface area (Å²) in [5, 5.41) is 12.2. The average molecular weight is 319 g/mol. The highest BCUT2D eigenvalue weighted by molar-refractivity contribution is 7.91. The maximum absolute atomic E-state index is 12.3. The van der Waals surface area contributed by atoms with Gasteiger partial charge in [-0.25, -0.2) is 13.1 Å². The number of hydrogen-bond donors (Lipinski definition) is 2. The highest BCUT2D eigenvalue weighted by atomic mass is 32.2. The van der Waals surface area contributed by atoms with Crippen molar-refractivity contribution in [2.24, 2.45) is 11.3 Å². The lowest BCUT2D eigenvalue weighted by molar-refractivity contribution is 0.0191. The summed E-state index contributed by atoms with van der Waals surface area (Å²) in [5.74, 6) is 0.0546. The summed E-state index contributed by atoms with van der Waals surface area (Å²) in [7, 11) is -3.57. The van der Waals surface area contributed by atoms with E-state index in [1.54, 1.807) is 17.5 Å². The molecular weight excluding hydrogens is 294 g/mol. The first kappa shape index (κ1) is 17.6. The van der Waals surface area contributed by atoms with Crippen LogP contribution in [0.4, 0.5) is 0 Å². The molecule has 0 aliphatic carbocycles. The lowest BCUT2D eigenvalue weighted by atomic mass is 9.80. The lowest BCUT2D eigenvalue weighted by Gasteiger charge is -2.36. The summed E-state index contributed by atoms with van der Waals surface area (Å²) in [6, 6.07) is 2.79. The molecule has 6 heteroatoms. The second-order valence-electron chi connectivity index (χ2n) is 6.28. The fourth-order valence-electron chi connectivity index (χ4n) is 1.94. The number of aliphatic hydroxyl groups is 1. The zero-order valence-corrected chi connectivity index (χ0v) is 14.4. The van der Waals surface area contributed by atoms with Gasteiger partial charge in [-0.2, -0.15) is 0 Å². The molecule has 0 radical (unpaired) electrons. The third-order valence-corrected chi connectivity index (χ3v) is 6.39. The van der Waals surface area contributed by atoms with E-state index < -0.39 is 22.2 Å². The molecular formula is C14H25NO3S2. The summed E-state index contributed by atoms with van der Waals surface area (Å²) in [4.78, 5) is 0. The van der Waals surface area contributed by atoms with Gasteiger partial charge in [0.05, 0.1) is 12.1 Å². The summed E-state index contributed by atoms with van der Waals surface area (Å²) < 4.78 is 27.7. The Kier molecular flexibility index (Phi) is 5.78. The van der Waals surface area contributed by atoms with Crippen molar-refractivity contribution in [3.05, 3.63) is 17.5 Å². The number of hydrogen-bond acceptors (Lipinski definition) is 4. The molecule has 0 amide bonds. The summed E-state index contributed by atoms with van der Waals surface area (Å²) in [6.45, 7) is 9.68. The van der Waals surface area contributed by atoms with Gasteiger partial charge in [-0.1, -0.05) is 47.1 Å². The Morgan fingerprint density at radius 1 is 1.40 bits per heavy atom. The van der Waals surface area contributed by atoms with Crippen molar-refractivity contribution in [2.45, 2.75) is 57.4 Å². The van der Waals surface area contributed by atoms with Crippen LogP contribution >= 0.6 is 11.3 Å². The average Bonchev–Trinajstić information content (AvgIpc) is 2.87. The molecule has 0 saturated heterocycles. The zero-order valence-electron chi connectivity index (χ0n) is 12.8. The Hall–Kier alpha value is -0.430. The number of thiophene rings is 1. The quantitative estimate of drug-likeness (QED) is 0.847. The molecule has 0 aliphatic heterocycles. The van der Waals surface area contributed by atoms with Crippen LogP contribution in [-0.2, 0) is 10.0 Å². The number of aliphatic hydroxyl groups excluding tert-OH is 1. The maximum Gasteiger partial charge on any atom is 0.250 e. The normalized spacial score (nSPS) is 17.7. The van der Waals surface area contributed by atoms with E-state index in [1.807, 2.05) is 34.6 Å². The Bertz CT molecular complexity index is 503. The fourth-order valence-corrected chi connectivity index (χ4v) is 4.30. The van der Waals surface area contributed by atoms with Gasteiger partial charge in [0.2, 0.25) is 10.0 Å². The van der Waals surface area contributed by atoms with E-state index in [-0.39, 0.29) is 15.5 Å². The number of sulfonamides is 1. The molecule has 0 aliphatic rings. The Morgan fingerprint density at radius 3 is 2.40 bits per heavy atom. The van der Waals surface area contributed by atoms with E-state index in [9.17, 15) is 13.5 Å². The van der Waals surface area contributed by atoms with E-state index in [0.717, 1.165) is 6.42 Å². The van der Waals surface area contributed by atoms with Crippen LogP contribution in [0.2, 0.25) is 0 Å². The third-order valence-electron chi connectivity index (χ3n) is 3.54. The standard InChI is InChI=1S/C14H25NO3S2/c1-6-10(2)12(13(16)14(3,4)5)15-20(17,18)11-8-7-9-19-11/h7-10,12-13,15-16H,6H2,1-5H3/t10-,12?,13-/m0/s1. The van der Waals surface area contributed by atoms with Crippen LogP contribution in [0.15, 0.2) is 21.7 Å². The first-order valence-electron chi connectivity index (χ1n) is 6.83.